The Hall–Kier alpha value is -1.56. The van der Waals surface area contributed by atoms with Gasteiger partial charge >= 0.3 is 0 Å². The molecule has 0 N–H and O–H groups in total. The van der Waals surface area contributed by atoms with E-state index in [9.17, 15) is 0 Å². The fourth-order valence-corrected chi connectivity index (χ4v) is 2.96. The van der Waals surface area contributed by atoms with E-state index in [0.717, 1.165) is 12.8 Å². The molecule has 0 fully saturated rings. The Morgan fingerprint density at radius 1 is 0.800 bits per heavy atom. The van der Waals surface area contributed by atoms with E-state index in [1.54, 1.807) is 0 Å². The maximum atomic E-state index is 2.33. The molecule has 0 aliphatic carbocycles. The van der Waals surface area contributed by atoms with Crippen LogP contribution >= 0.6 is 0 Å². The van der Waals surface area contributed by atoms with Gasteiger partial charge in [-0.3, -0.25) is 0 Å². The molecule has 0 aliphatic heterocycles. The second-order valence-corrected chi connectivity index (χ2v) is 6.18. The van der Waals surface area contributed by atoms with Crippen LogP contribution in [0.3, 0.4) is 0 Å². The van der Waals surface area contributed by atoms with Crippen LogP contribution in [0.2, 0.25) is 0 Å². The van der Waals surface area contributed by atoms with Crippen molar-refractivity contribution in [3.8, 4) is 0 Å². The largest absolute Gasteiger partial charge is 0.0613 e. The Morgan fingerprint density at radius 2 is 1.35 bits per heavy atom. The average molecular weight is 266 g/mol. The summed E-state index contributed by atoms with van der Waals surface area (Å²) >= 11 is 0. The Morgan fingerprint density at radius 3 is 1.85 bits per heavy atom. The number of rotatable bonds is 4. The molecule has 2 rings (SSSR count). The molecule has 0 aromatic heterocycles. The Bertz CT molecular complexity index is 573. The van der Waals surface area contributed by atoms with Crippen LogP contribution in [0.25, 0.3) is 0 Å². The van der Waals surface area contributed by atoms with Crippen LogP contribution < -0.4 is 0 Å². The van der Waals surface area contributed by atoms with Crippen molar-refractivity contribution in [1.29, 1.82) is 0 Å². The highest BCUT2D eigenvalue weighted by molar-refractivity contribution is 5.44. The first kappa shape index (κ1) is 14.8. The zero-order chi connectivity index (χ0) is 14.8. The van der Waals surface area contributed by atoms with Gasteiger partial charge in [0.2, 0.25) is 0 Å². The van der Waals surface area contributed by atoms with Gasteiger partial charge in [0.15, 0.2) is 0 Å². The minimum Gasteiger partial charge on any atom is -0.0613 e. The summed E-state index contributed by atoms with van der Waals surface area (Å²) in [5.41, 5.74) is 7.10. The van der Waals surface area contributed by atoms with Gasteiger partial charge in [0.05, 0.1) is 0 Å². The molecule has 2 aromatic rings. The van der Waals surface area contributed by atoms with Crippen LogP contribution in [0.1, 0.15) is 55.5 Å². The predicted octanol–water partition coefficient (Wildman–Crippen LogP) is 5.45. The predicted molar refractivity (Wildman–Crippen MR) is 88.5 cm³/mol. The standard InChI is InChI=1S/C20H26/c1-6-16-8-11-18(12-9-16)20(4,5)19-13-10-17(7-2)14-15(19)3/h8-14H,6-7H2,1-5H3. The van der Waals surface area contributed by atoms with Gasteiger partial charge in [0, 0.05) is 5.41 Å². The van der Waals surface area contributed by atoms with Crippen molar-refractivity contribution in [2.45, 2.75) is 52.9 Å². The maximum absolute atomic E-state index is 2.33. The van der Waals surface area contributed by atoms with Crippen molar-refractivity contribution in [1.82, 2.24) is 0 Å². The molecule has 0 unspecified atom stereocenters. The lowest BCUT2D eigenvalue weighted by atomic mass is 9.75. The van der Waals surface area contributed by atoms with Gasteiger partial charge in [-0.15, -0.1) is 0 Å². The van der Waals surface area contributed by atoms with Crippen molar-refractivity contribution in [2.24, 2.45) is 0 Å². The summed E-state index contributed by atoms with van der Waals surface area (Å²) in [4.78, 5) is 0. The third-order valence-electron chi connectivity index (χ3n) is 4.46. The highest BCUT2D eigenvalue weighted by Gasteiger charge is 2.24. The van der Waals surface area contributed by atoms with Crippen LogP contribution in [-0.2, 0) is 18.3 Å². The highest BCUT2D eigenvalue weighted by atomic mass is 14.3. The van der Waals surface area contributed by atoms with E-state index in [1.807, 2.05) is 0 Å². The number of hydrogen-bond donors (Lipinski definition) is 0. The number of hydrogen-bond acceptors (Lipinski definition) is 0. The lowest BCUT2D eigenvalue weighted by Gasteiger charge is -2.28. The molecule has 0 spiro atoms. The SMILES string of the molecule is CCc1ccc(C(C)(C)c2ccc(CC)cc2C)cc1. The first-order chi connectivity index (χ1) is 9.48. The molecule has 0 atom stereocenters. The zero-order valence-electron chi connectivity index (χ0n) is 13.5. The van der Waals surface area contributed by atoms with E-state index in [0.29, 0.717) is 0 Å². The minimum absolute atomic E-state index is 0.0582. The lowest BCUT2D eigenvalue weighted by Crippen LogP contribution is -2.20. The third kappa shape index (κ3) is 2.80. The van der Waals surface area contributed by atoms with Crippen LogP contribution in [0.5, 0.6) is 0 Å². The van der Waals surface area contributed by atoms with Crippen molar-refractivity contribution in [3.63, 3.8) is 0 Å². The van der Waals surface area contributed by atoms with E-state index in [-0.39, 0.29) is 5.41 Å². The van der Waals surface area contributed by atoms with E-state index in [1.165, 1.54) is 27.8 Å². The molecule has 106 valence electrons. The van der Waals surface area contributed by atoms with Crippen LogP contribution in [0.15, 0.2) is 42.5 Å². The molecule has 0 heteroatoms. The summed E-state index contributed by atoms with van der Waals surface area (Å²) in [6.45, 7) is 11.3. The third-order valence-corrected chi connectivity index (χ3v) is 4.46. The Balaban J connectivity index is 2.42. The second kappa shape index (κ2) is 5.83. The fourth-order valence-electron chi connectivity index (χ4n) is 2.96. The molecule has 0 amide bonds. The topological polar surface area (TPSA) is 0 Å². The van der Waals surface area contributed by atoms with Crippen molar-refractivity contribution in [3.05, 3.63) is 70.3 Å². The van der Waals surface area contributed by atoms with Crippen molar-refractivity contribution < 1.29 is 0 Å². The van der Waals surface area contributed by atoms with Crippen molar-refractivity contribution in [2.75, 3.05) is 0 Å². The van der Waals surface area contributed by atoms with Gasteiger partial charge in [0.25, 0.3) is 0 Å². The molecule has 0 aliphatic rings. The van der Waals surface area contributed by atoms with E-state index < -0.39 is 0 Å². The van der Waals surface area contributed by atoms with Gasteiger partial charge in [-0.2, -0.15) is 0 Å². The number of benzene rings is 2. The quantitative estimate of drug-likeness (QED) is 0.690. The van der Waals surface area contributed by atoms with Crippen LogP contribution in [-0.4, -0.2) is 0 Å². The summed E-state index contributed by atoms with van der Waals surface area (Å²) in [5, 5.41) is 0. The first-order valence-electron chi connectivity index (χ1n) is 7.68. The zero-order valence-corrected chi connectivity index (χ0v) is 13.5. The van der Waals surface area contributed by atoms with Crippen LogP contribution in [0, 0.1) is 6.92 Å². The second-order valence-electron chi connectivity index (χ2n) is 6.18. The molecule has 0 nitrogen and oxygen atoms in total. The summed E-state index contributed by atoms with van der Waals surface area (Å²) in [6, 6.07) is 16.0. The average Bonchev–Trinajstić information content (AvgIpc) is 2.46. The van der Waals surface area contributed by atoms with Gasteiger partial charge in [0.1, 0.15) is 0 Å². The first-order valence-corrected chi connectivity index (χ1v) is 7.68. The fraction of sp³-hybridized carbons (Fsp3) is 0.400. The molecular weight excluding hydrogens is 240 g/mol. The van der Waals surface area contributed by atoms with E-state index >= 15 is 0 Å². The van der Waals surface area contributed by atoms with Gasteiger partial charge in [-0.25, -0.2) is 0 Å². The molecular formula is C20H26. The Kier molecular flexibility index (Phi) is 4.32. The normalized spacial score (nSPS) is 11.7. The number of aryl methyl sites for hydroxylation is 3. The smallest absolute Gasteiger partial charge is 0.0149 e. The van der Waals surface area contributed by atoms with Gasteiger partial charge in [-0.05, 0) is 47.6 Å². The summed E-state index contributed by atoms with van der Waals surface area (Å²) in [5.74, 6) is 0. The van der Waals surface area contributed by atoms with E-state index in [2.05, 4.69) is 77.1 Å². The molecule has 0 saturated heterocycles. The summed E-state index contributed by atoms with van der Waals surface area (Å²) < 4.78 is 0. The highest BCUT2D eigenvalue weighted by Crippen LogP contribution is 2.34. The minimum atomic E-state index is 0.0582. The molecule has 20 heavy (non-hydrogen) atoms. The Labute approximate surface area is 123 Å². The molecule has 0 saturated carbocycles. The van der Waals surface area contributed by atoms with Crippen molar-refractivity contribution >= 4 is 0 Å². The summed E-state index contributed by atoms with van der Waals surface area (Å²) in [6.07, 6.45) is 2.21. The van der Waals surface area contributed by atoms with Gasteiger partial charge in [-0.1, -0.05) is 70.2 Å². The summed E-state index contributed by atoms with van der Waals surface area (Å²) in [7, 11) is 0. The van der Waals surface area contributed by atoms with E-state index in [4.69, 9.17) is 0 Å². The molecule has 0 bridgehead atoms. The molecule has 2 aromatic carbocycles. The lowest BCUT2D eigenvalue weighted by molar-refractivity contribution is 0.635. The monoisotopic (exact) mass is 266 g/mol. The van der Waals surface area contributed by atoms with Gasteiger partial charge < -0.3 is 0 Å². The van der Waals surface area contributed by atoms with Crippen LogP contribution in [0.4, 0.5) is 0 Å². The molecule has 0 heterocycles. The molecule has 0 radical (unpaired) electrons. The maximum Gasteiger partial charge on any atom is 0.0149 e.